The summed E-state index contributed by atoms with van der Waals surface area (Å²) < 4.78 is 0. The van der Waals surface area contributed by atoms with Crippen molar-refractivity contribution in [2.45, 2.75) is 18.4 Å². The predicted molar refractivity (Wildman–Crippen MR) is 53.1 cm³/mol. The van der Waals surface area contributed by atoms with Gasteiger partial charge in [0, 0.05) is 6.54 Å². The number of benzene rings is 1. The van der Waals surface area contributed by atoms with Crippen molar-refractivity contribution in [3.63, 3.8) is 0 Å². The molecule has 0 unspecified atom stereocenters. The van der Waals surface area contributed by atoms with Gasteiger partial charge in [0.15, 0.2) is 0 Å². The summed E-state index contributed by atoms with van der Waals surface area (Å²) in [6, 6.07) is 8.38. The van der Waals surface area contributed by atoms with Crippen molar-refractivity contribution in [3.8, 4) is 0 Å². The standard InChI is InChI=1S/C11H12N2O/c14-10-12-7-11(13-10)5-8-3-1-2-4-9(8)6-11/h1-4H,5-7H2,(H2,12,13,14). The number of hydrogen-bond acceptors (Lipinski definition) is 1. The molecule has 0 saturated carbocycles. The second-order valence-electron chi connectivity index (χ2n) is 4.21. The number of urea groups is 1. The summed E-state index contributed by atoms with van der Waals surface area (Å²) in [5.74, 6) is 0. The van der Waals surface area contributed by atoms with Gasteiger partial charge in [-0.1, -0.05) is 24.3 Å². The first kappa shape index (κ1) is 7.85. The van der Waals surface area contributed by atoms with E-state index in [1.54, 1.807) is 0 Å². The minimum atomic E-state index is -0.0409. The molecule has 0 radical (unpaired) electrons. The van der Waals surface area contributed by atoms with Crippen LogP contribution in [0.2, 0.25) is 0 Å². The predicted octanol–water partition coefficient (Wildman–Crippen LogP) is 0.837. The van der Waals surface area contributed by atoms with E-state index >= 15 is 0 Å². The number of carbonyl (C=O) groups excluding carboxylic acids is 1. The molecule has 1 spiro atoms. The van der Waals surface area contributed by atoms with Crippen LogP contribution in [0.1, 0.15) is 11.1 Å². The summed E-state index contributed by atoms with van der Waals surface area (Å²) >= 11 is 0. The van der Waals surface area contributed by atoms with Gasteiger partial charge >= 0.3 is 6.03 Å². The Morgan fingerprint density at radius 1 is 1.14 bits per heavy atom. The second-order valence-corrected chi connectivity index (χ2v) is 4.21. The molecular weight excluding hydrogens is 176 g/mol. The Hall–Kier alpha value is -1.51. The second kappa shape index (κ2) is 2.50. The Bertz CT molecular complexity index is 375. The third-order valence-corrected chi connectivity index (χ3v) is 3.14. The smallest absolute Gasteiger partial charge is 0.315 e. The summed E-state index contributed by atoms with van der Waals surface area (Å²) in [4.78, 5) is 11.1. The molecule has 1 aliphatic carbocycles. The van der Waals surface area contributed by atoms with Crippen molar-refractivity contribution in [1.29, 1.82) is 0 Å². The van der Waals surface area contributed by atoms with Crippen LogP contribution in [-0.2, 0) is 12.8 Å². The average molecular weight is 188 g/mol. The first-order valence-corrected chi connectivity index (χ1v) is 4.90. The molecule has 0 atom stereocenters. The molecular formula is C11H12N2O. The van der Waals surface area contributed by atoms with Gasteiger partial charge in [-0.2, -0.15) is 0 Å². The van der Waals surface area contributed by atoms with Crippen molar-refractivity contribution in [3.05, 3.63) is 35.4 Å². The zero-order chi connectivity index (χ0) is 9.60. The number of amides is 2. The van der Waals surface area contributed by atoms with Crippen molar-refractivity contribution in [1.82, 2.24) is 10.6 Å². The fourth-order valence-electron chi connectivity index (χ4n) is 2.49. The maximum absolute atomic E-state index is 11.1. The fourth-order valence-corrected chi connectivity index (χ4v) is 2.49. The first-order chi connectivity index (χ1) is 6.77. The van der Waals surface area contributed by atoms with Crippen LogP contribution in [0.15, 0.2) is 24.3 Å². The molecule has 3 rings (SSSR count). The largest absolute Gasteiger partial charge is 0.336 e. The molecule has 1 aromatic carbocycles. The lowest BCUT2D eigenvalue weighted by Gasteiger charge is -2.20. The van der Waals surface area contributed by atoms with Gasteiger partial charge in [0.25, 0.3) is 0 Å². The van der Waals surface area contributed by atoms with E-state index in [4.69, 9.17) is 0 Å². The minimum Gasteiger partial charge on any atom is -0.336 e. The van der Waals surface area contributed by atoms with E-state index in [0.29, 0.717) is 0 Å². The zero-order valence-corrected chi connectivity index (χ0v) is 7.84. The molecule has 2 aliphatic rings. The van der Waals surface area contributed by atoms with Crippen LogP contribution in [-0.4, -0.2) is 18.1 Å². The lowest BCUT2D eigenvalue weighted by molar-refractivity contribution is 0.244. The van der Waals surface area contributed by atoms with E-state index in [1.807, 2.05) is 0 Å². The molecule has 0 bridgehead atoms. The van der Waals surface area contributed by atoms with Crippen molar-refractivity contribution in [2.75, 3.05) is 6.54 Å². The van der Waals surface area contributed by atoms with Gasteiger partial charge in [0.1, 0.15) is 0 Å². The SMILES string of the molecule is O=C1NCC2(Cc3ccccc3C2)N1. The van der Waals surface area contributed by atoms with Gasteiger partial charge < -0.3 is 10.6 Å². The van der Waals surface area contributed by atoms with E-state index in [0.717, 1.165) is 19.4 Å². The van der Waals surface area contributed by atoms with Gasteiger partial charge in [-0.15, -0.1) is 0 Å². The highest BCUT2D eigenvalue weighted by Crippen LogP contribution is 2.31. The Balaban J connectivity index is 1.94. The Labute approximate surface area is 82.5 Å². The summed E-state index contributed by atoms with van der Waals surface area (Å²) in [6.07, 6.45) is 1.92. The van der Waals surface area contributed by atoms with E-state index in [-0.39, 0.29) is 11.6 Å². The Kier molecular flexibility index (Phi) is 1.40. The van der Waals surface area contributed by atoms with Crippen LogP contribution >= 0.6 is 0 Å². The first-order valence-electron chi connectivity index (χ1n) is 4.90. The molecule has 14 heavy (non-hydrogen) atoms. The summed E-state index contributed by atoms with van der Waals surface area (Å²) in [7, 11) is 0. The van der Waals surface area contributed by atoms with E-state index < -0.39 is 0 Å². The number of hydrogen-bond donors (Lipinski definition) is 2. The molecule has 1 saturated heterocycles. The van der Waals surface area contributed by atoms with Crippen LogP contribution in [0.25, 0.3) is 0 Å². The van der Waals surface area contributed by atoms with Crippen LogP contribution in [0.4, 0.5) is 4.79 Å². The minimum absolute atomic E-state index is 0.0298. The van der Waals surface area contributed by atoms with E-state index in [1.165, 1.54) is 11.1 Å². The van der Waals surface area contributed by atoms with Gasteiger partial charge in [0.05, 0.1) is 5.54 Å². The van der Waals surface area contributed by atoms with Gasteiger partial charge in [0.2, 0.25) is 0 Å². The number of nitrogens with one attached hydrogen (secondary N) is 2. The summed E-state index contributed by atoms with van der Waals surface area (Å²) in [5.41, 5.74) is 2.70. The van der Waals surface area contributed by atoms with Crippen LogP contribution in [0.5, 0.6) is 0 Å². The normalized spacial score (nSPS) is 21.9. The molecule has 1 heterocycles. The van der Waals surface area contributed by atoms with Crippen molar-refractivity contribution in [2.24, 2.45) is 0 Å². The highest BCUT2D eigenvalue weighted by Gasteiger charge is 2.42. The van der Waals surface area contributed by atoms with Crippen LogP contribution in [0, 0.1) is 0 Å². The number of carbonyl (C=O) groups is 1. The van der Waals surface area contributed by atoms with Crippen molar-refractivity contribution < 1.29 is 4.79 Å². The maximum Gasteiger partial charge on any atom is 0.315 e. The molecule has 3 heteroatoms. The van der Waals surface area contributed by atoms with Crippen molar-refractivity contribution >= 4 is 6.03 Å². The Morgan fingerprint density at radius 2 is 1.79 bits per heavy atom. The molecule has 1 aliphatic heterocycles. The number of rotatable bonds is 0. The lowest BCUT2D eigenvalue weighted by atomic mass is 9.97. The van der Waals surface area contributed by atoms with E-state index in [9.17, 15) is 4.79 Å². The summed E-state index contributed by atoms with van der Waals surface area (Å²) in [6.45, 7) is 0.751. The maximum atomic E-state index is 11.1. The molecule has 1 fully saturated rings. The topological polar surface area (TPSA) is 41.1 Å². The number of fused-ring (bicyclic) bond motifs is 1. The molecule has 3 nitrogen and oxygen atoms in total. The van der Waals surface area contributed by atoms with Crippen LogP contribution in [0.3, 0.4) is 0 Å². The third kappa shape index (κ3) is 1.02. The summed E-state index contributed by atoms with van der Waals surface area (Å²) in [5, 5.41) is 5.86. The Morgan fingerprint density at radius 3 is 2.29 bits per heavy atom. The third-order valence-electron chi connectivity index (χ3n) is 3.14. The molecule has 2 N–H and O–H groups in total. The van der Waals surface area contributed by atoms with Crippen LogP contribution < -0.4 is 10.6 Å². The highest BCUT2D eigenvalue weighted by molar-refractivity contribution is 5.78. The lowest BCUT2D eigenvalue weighted by Crippen LogP contribution is -2.44. The molecule has 72 valence electrons. The highest BCUT2D eigenvalue weighted by atomic mass is 16.2. The van der Waals surface area contributed by atoms with Gasteiger partial charge in [-0.05, 0) is 24.0 Å². The fraction of sp³-hybridized carbons (Fsp3) is 0.364. The molecule has 2 amide bonds. The van der Waals surface area contributed by atoms with Gasteiger partial charge in [-0.3, -0.25) is 0 Å². The average Bonchev–Trinajstić information content (AvgIpc) is 2.69. The molecule has 1 aromatic rings. The monoisotopic (exact) mass is 188 g/mol. The quantitative estimate of drug-likeness (QED) is 0.622. The van der Waals surface area contributed by atoms with Gasteiger partial charge in [-0.25, -0.2) is 4.79 Å². The van der Waals surface area contributed by atoms with E-state index in [2.05, 4.69) is 34.9 Å². The molecule has 0 aromatic heterocycles. The zero-order valence-electron chi connectivity index (χ0n) is 7.84.